The number of ether oxygens (including phenoxy) is 1. The lowest BCUT2D eigenvalue weighted by Crippen LogP contribution is -2.42. The molecule has 2 N–H and O–H groups in total. The van der Waals surface area contributed by atoms with E-state index in [2.05, 4.69) is 5.32 Å². The van der Waals surface area contributed by atoms with E-state index in [0.717, 1.165) is 25.8 Å². The first kappa shape index (κ1) is 19.2. The van der Waals surface area contributed by atoms with Crippen LogP contribution in [0.5, 0.6) is 0 Å². The van der Waals surface area contributed by atoms with Gasteiger partial charge < -0.3 is 20.1 Å². The normalized spacial score (nSPS) is 22.1. The number of aliphatic hydroxyl groups is 1. The van der Waals surface area contributed by atoms with E-state index >= 15 is 0 Å². The number of rotatable bonds is 3. The zero-order valence-electron chi connectivity index (χ0n) is 15.1. The smallest absolute Gasteiger partial charge is 0.410 e. The Bertz CT molecular complexity index is 358. The molecule has 0 aliphatic carbocycles. The van der Waals surface area contributed by atoms with Crippen molar-refractivity contribution in [2.24, 2.45) is 5.41 Å². The molecule has 1 aliphatic rings. The predicted octanol–water partition coefficient (Wildman–Crippen LogP) is 2.77. The maximum Gasteiger partial charge on any atom is 0.410 e. The number of carbonyl (C=O) groups is 1. The van der Waals surface area contributed by atoms with Crippen LogP contribution in [0.2, 0.25) is 0 Å². The molecule has 0 aromatic heterocycles. The van der Waals surface area contributed by atoms with Crippen molar-refractivity contribution in [1.29, 1.82) is 0 Å². The van der Waals surface area contributed by atoms with Gasteiger partial charge in [-0.05, 0) is 45.4 Å². The number of likely N-dealkylation sites (tertiary alicyclic amines) is 1. The molecule has 5 nitrogen and oxygen atoms in total. The highest BCUT2D eigenvalue weighted by Gasteiger charge is 2.26. The molecule has 0 spiro atoms. The Morgan fingerprint density at radius 2 is 1.86 bits per heavy atom. The Kier molecular flexibility index (Phi) is 6.68. The van der Waals surface area contributed by atoms with Gasteiger partial charge in [-0.3, -0.25) is 0 Å². The Hall–Kier alpha value is -0.810. The van der Waals surface area contributed by atoms with Crippen LogP contribution in [-0.4, -0.2) is 53.5 Å². The lowest BCUT2D eigenvalue weighted by Gasteiger charge is -2.28. The number of hydrogen-bond acceptors (Lipinski definition) is 4. The van der Waals surface area contributed by atoms with Crippen molar-refractivity contribution in [2.75, 3.05) is 19.6 Å². The third-order valence-electron chi connectivity index (χ3n) is 3.98. The number of nitrogens with one attached hydrogen (secondary N) is 1. The summed E-state index contributed by atoms with van der Waals surface area (Å²) in [7, 11) is 0. The maximum absolute atomic E-state index is 12.1. The molecule has 1 aliphatic heterocycles. The summed E-state index contributed by atoms with van der Waals surface area (Å²) in [5, 5.41) is 13.6. The largest absolute Gasteiger partial charge is 0.444 e. The zero-order valence-corrected chi connectivity index (χ0v) is 15.1. The van der Waals surface area contributed by atoms with Crippen LogP contribution >= 0.6 is 0 Å². The van der Waals surface area contributed by atoms with Crippen LogP contribution < -0.4 is 5.32 Å². The molecule has 0 radical (unpaired) electrons. The summed E-state index contributed by atoms with van der Waals surface area (Å²) in [6.07, 6.45) is 2.30. The average molecular weight is 314 g/mol. The third kappa shape index (κ3) is 6.97. The van der Waals surface area contributed by atoms with Crippen molar-refractivity contribution in [3.63, 3.8) is 0 Å². The summed E-state index contributed by atoms with van der Waals surface area (Å²) in [5.41, 5.74) is -0.557. The molecule has 2 atom stereocenters. The predicted molar refractivity (Wildman–Crippen MR) is 88.9 cm³/mol. The van der Waals surface area contributed by atoms with E-state index in [1.807, 2.05) is 41.5 Å². The minimum Gasteiger partial charge on any atom is -0.444 e. The molecule has 1 saturated heterocycles. The van der Waals surface area contributed by atoms with E-state index in [9.17, 15) is 9.90 Å². The van der Waals surface area contributed by atoms with Crippen LogP contribution in [0.4, 0.5) is 4.79 Å². The first-order valence-corrected chi connectivity index (χ1v) is 8.38. The fourth-order valence-corrected chi connectivity index (χ4v) is 2.39. The van der Waals surface area contributed by atoms with Crippen molar-refractivity contribution >= 4 is 6.09 Å². The van der Waals surface area contributed by atoms with Gasteiger partial charge in [-0.15, -0.1) is 0 Å². The molecule has 0 bridgehead atoms. The Labute approximate surface area is 135 Å². The molecular formula is C17H34N2O3. The highest BCUT2D eigenvalue weighted by atomic mass is 16.6. The number of hydrogen-bond donors (Lipinski definition) is 2. The van der Waals surface area contributed by atoms with Crippen LogP contribution in [0.25, 0.3) is 0 Å². The van der Waals surface area contributed by atoms with Crippen molar-refractivity contribution in [3.05, 3.63) is 0 Å². The first-order valence-electron chi connectivity index (χ1n) is 8.38. The molecule has 0 saturated carbocycles. The highest BCUT2D eigenvalue weighted by Crippen LogP contribution is 2.19. The van der Waals surface area contributed by atoms with Gasteiger partial charge in [-0.25, -0.2) is 4.79 Å². The van der Waals surface area contributed by atoms with E-state index in [-0.39, 0.29) is 17.6 Å². The summed E-state index contributed by atoms with van der Waals surface area (Å²) in [6, 6.07) is 0.351. The monoisotopic (exact) mass is 314 g/mol. The summed E-state index contributed by atoms with van der Waals surface area (Å²) in [4.78, 5) is 13.9. The average Bonchev–Trinajstić information content (AvgIpc) is 2.58. The minimum atomic E-state index is -0.447. The quantitative estimate of drug-likeness (QED) is 0.841. The lowest BCUT2D eigenvalue weighted by atomic mass is 9.89. The zero-order chi connectivity index (χ0) is 17.0. The Morgan fingerprint density at radius 1 is 1.23 bits per heavy atom. The third-order valence-corrected chi connectivity index (χ3v) is 3.98. The van der Waals surface area contributed by atoms with Crippen molar-refractivity contribution in [3.8, 4) is 0 Å². The summed E-state index contributed by atoms with van der Waals surface area (Å²) < 4.78 is 5.44. The molecule has 22 heavy (non-hydrogen) atoms. The fraction of sp³-hybridized carbons (Fsp3) is 0.941. The molecule has 130 valence electrons. The lowest BCUT2D eigenvalue weighted by molar-refractivity contribution is 0.0255. The Morgan fingerprint density at radius 3 is 2.41 bits per heavy atom. The van der Waals surface area contributed by atoms with Gasteiger partial charge in [0, 0.05) is 25.7 Å². The van der Waals surface area contributed by atoms with Crippen molar-refractivity contribution in [2.45, 2.75) is 78.6 Å². The van der Waals surface area contributed by atoms with Gasteiger partial charge in [-0.2, -0.15) is 0 Å². The molecule has 1 fully saturated rings. The summed E-state index contributed by atoms with van der Waals surface area (Å²) >= 11 is 0. The van der Waals surface area contributed by atoms with E-state index in [1.54, 1.807) is 4.90 Å². The summed E-state index contributed by atoms with van der Waals surface area (Å²) in [6.45, 7) is 13.8. The van der Waals surface area contributed by atoms with Crippen LogP contribution in [-0.2, 0) is 4.74 Å². The molecule has 1 rings (SSSR count). The number of nitrogens with zero attached hydrogens (tertiary/aromatic N) is 1. The van der Waals surface area contributed by atoms with Crippen LogP contribution in [0, 0.1) is 5.41 Å². The van der Waals surface area contributed by atoms with Gasteiger partial charge in [0.25, 0.3) is 0 Å². The van der Waals surface area contributed by atoms with Gasteiger partial charge in [-0.1, -0.05) is 20.8 Å². The van der Waals surface area contributed by atoms with Gasteiger partial charge in [0.15, 0.2) is 0 Å². The molecule has 0 aromatic rings. The highest BCUT2D eigenvalue weighted by molar-refractivity contribution is 5.68. The molecule has 1 amide bonds. The van der Waals surface area contributed by atoms with E-state index in [4.69, 9.17) is 4.74 Å². The molecule has 0 unspecified atom stereocenters. The second kappa shape index (κ2) is 7.64. The molecule has 1 heterocycles. The number of amides is 1. The molecule has 0 aromatic carbocycles. The van der Waals surface area contributed by atoms with Crippen LogP contribution in [0.1, 0.15) is 60.8 Å². The van der Waals surface area contributed by atoms with Crippen LogP contribution in [0.15, 0.2) is 0 Å². The second-order valence-corrected chi connectivity index (χ2v) is 8.39. The fourth-order valence-electron chi connectivity index (χ4n) is 2.39. The topological polar surface area (TPSA) is 61.8 Å². The van der Waals surface area contributed by atoms with E-state index < -0.39 is 5.60 Å². The molecule has 5 heteroatoms. The number of aliphatic hydroxyl groups excluding tert-OH is 1. The van der Waals surface area contributed by atoms with E-state index in [0.29, 0.717) is 19.1 Å². The van der Waals surface area contributed by atoms with Gasteiger partial charge in [0.2, 0.25) is 0 Å². The van der Waals surface area contributed by atoms with Crippen molar-refractivity contribution in [1.82, 2.24) is 10.2 Å². The Balaban J connectivity index is 2.41. The van der Waals surface area contributed by atoms with Crippen LogP contribution in [0.3, 0.4) is 0 Å². The van der Waals surface area contributed by atoms with E-state index in [1.165, 1.54) is 0 Å². The summed E-state index contributed by atoms with van der Waals surface area (Å²) in [5.74, 6) is 0. The van der Waals surface area contributed by atoms with Crippen molar-refractivity contribution < 1.29 is 14.6 Å². The second-order valence-electron chi connectivity index (χ2n) is 8.39. The maximum atomic E-state index is 12.1. The van der Waals surface area contributed by atoms with Gasteiger partial charge >= 0.3 is 6.09 Å². The first-order chi connectivity index (χ1) is 9.99. The van der Waals surface area contributed by atoms with Gasteiger partial charge in [0.1, 0.15) is 5.60 Å². The SMILES string of the molecule is CC(C)(C)OC(=O)N1CCC[C@H](NC[C@@H](O)C(C)(C)C)CC1. The standard InChI is InChI=1S/C17H34N2O3/c1-16(2,3)14(20)12-18-13-8-7-10-19(11-9-13)15(21)22-17(4,5)6/h13-14,18,20H,7-12H2,1-6H3/t13-,14+/m0/s1. The minimum absolute atomic E-state index is 0.111. The molecular weight excluding hydrogens is 280 g/mol. The number of carbonyl (C=O) groups excluding carboxylic acids is 1. The van der Waals surface area contributed by atoms with Gasteiger partial charge in [0.05, 0.1) is 6.10 Å².